The van der Waals surface area contributed by atoms with Crippen LogP contribution in [-0.2, 0) is 4.74 Å². The SMILES string of the molecule is CCN1CCC(NC[C@H]2CCO[C@@H]2c2ccccc2)C(C)C1. The van der Waals surface area contributed by atoms with Gasteiger partial charge in [-0.25, -0.2) is 0 Å². The van der Waals surface area contributed by atoms with E-state index >= 15 is 0 Å². The molecule has 3 heteroatoms. The van der Waals surface area contributed by atoms with Crippen molar-refractivity contribution in [2.24, 2.45) is 11.8 Å². The van der Waals surface area contributed by atoms with E-state index in [4.69, 9.17) is 4.74 Å². The van der Waals surface area contributed by atoms with E-state index in [-0.39, 0.29) is 6.10 Å². The number of nitrogens with zero attached hydrogens (tertiary/aromatic N) is 1. The average molecular weight is 302 g/mol. The van der Waals surface area contributed by atoms with Crippen molar-refractivity contribution < 1.29 is 4.74 Å². The molecule has 122 valence electrons. The largest absolute Gasteiger partial charge is 0.373 e. The first-order valence-corrected chi connectivity index (χ1v) is 8.90. The Balaban J connectivity index is 1.53. The highest BCUT2D eigenvalue weighted by atomic mass is 16.5. The molecule has 1 aromatic carbocycles. The molecule has 2 heterocycles. The van der Waals surface area contributed by atoms with E-state index in [1.54, 1.807) is 0 Å². The number of likely N-dealkylation sites (tertiary alicyclic amines) is 1. The van der Waals surface area contributed by atoms with Crippen molar-refractivity contribution in [1.29, 1.82) is 0 Å². The number of hydrogen-bond acceptors (Lipinski definition) is 3. The van der Waals surface area contributed by atoms with Crippen molar-refractivity contribution in [2.45, 2.75) is 38.8 Å². The van der Waals surface area contributed by atoms with E-state index in [2.05, 4.69) is 54.4 Å². The predicted octanol–water partition coefficient (Wildman–Crippen LogP) is 3.08. The Morgan fingerprint density at radius 3 is 2.77 bits per heavy atom. The van der Waals surface area contributed by atoms with Crippen LogP contribution in [0.5, 0.6) is 0 Å². The molecule has 0 bridgehead atoms. The fourth-order valence-corrected chi connectivity index (χ4v) is 3.98. The van der Waals surface area contributed by atoms with Gasteiger partial charge >= 0.3 is 0 Å². The lowest BCUT2D eigenvalue weighted by atomic mass is 9.91. The van der Waals surface area contributed by atoms with Crippen molar-refractivity contribution in [3.05, 3.63) is 35.9 Å². The van der Waals surface area contributed by atoms with E-state index in [0.717, 1.165) is 19.1 Å². The van der Waals surface area contributed by atoms with Crippen molar-refractivity contribution in [1.82, 2.24) is 10.2 Å². The maximum Gasteiger partial charge on any atom is 0.0866 e. The van der Waals surface area contributed by atoms with Crippen molar-refractivity contribution in [3.8, 4) is 0 Å². The highest BCUT2D eigenvalue weighted by Crippen LogP contribution is 2.34. The molecular weight excluding hydrogens is 272 g/mol. The van der Waals surface area contributed by atoms with Crippen LogP contribution in [0.25, 0.3) is 0 Å². The summed E-state index contributed by atoms with van der Waals surface area (Å²) in [5.74, 6) is 1.35. The first-order chi connectivity index (χ1) is 10.8. The number of piperidine rings is 1. The summed E-state index contributed by atoms with van der Waals surface area (Å²) >= 11 is 0. The number of hydrogen-bond donors (Lipinski definition) is 1. The lowest BCUT2D eigenvalue weighted by Crippen LogP contribution is -2.49. The number of rotatable bonds is 5. The van der Waals surface area contributed by atoms with E-state index in [0.29, 0.717) is 12.0 Å². The van der Waals surface area contributed by atoms with Crippen molar-refractivity contribution in [3.63, 3.8) is 0 Å². The number of nitrogens with one attached hydrogen (secondary N) is 1. The first-order valence-electron chi connectivity index (χ1n) is 8.90. The lowest BCUT2D eigenvalue weighted by Gasteiger charge is -2.37. The van der Waals surface area contributed by atoms with Gasteiger partial charge in [0.25, 0.3) is 0 Å². The van der Waals surface area contributed by atoms with Gasteiger partial charge in [-0.15, -0.1) is 0 Å². The zero-order valence-corrected chi connectivity index (χ0v) is 14.0. The molecule has 1 aromatic rings. The second kappa shape index (κ2) is 7.58. The van der Waals surface area contributed by atoms with Crippen LogP contribution >= 0.6 is 0 Å². The molecule has 0 amide bonds. The summed E-state index contributed by atoms with van der Waals surface area (Å²) < 4.78 is 6.00. The molecule has 0 saturated carbocycles. The van der Waals surface area contributed by atoms with Gasteiger partial charge in [-0.05, 0) is 37.4 Å². The fourth-order valence-electron chi connectivity index (χ4n) is 3.98. The summed E-state index contributed by atoms with van der Waals surface area (Å²) in [6, 6.07) is 11.4. The Labute approximate surface area is 135 Å². The molecule has 2 unspecified atom stereocenters. The quantitative estimate of drug-likeness (QED) is 0.904. The van der Waals surface area contributed by atoms with Crippen molar-refractivity contribution in [2.75, 3.05) is 32.8 Å². The fraction of sp³-hybridized carbons (Fsp3) is 0.684. The van der Waals surface area contributed by atoms with E-state index in [1.165, 1.54) is 38.0 Å². The minimum Gasteiger partial charge on any atom is -0.373 e. The van der Waals surface area contributed by atoms with Crippen LogP contribution in [-0.4, -0.2) is 43.7 Å². The van der Waals surface area contributed by atoms with Gasteiger partial charge in [-0.3, -0.25) is 0 Å². The van der Waals surface area contributed by atoms with Crippen LogP contribution in [0.1, 0.15) is 38.4 Å². The van der Waals surface area contributed by atoms with E-state index in [9.17, 15) is 0 Å². The van der Waals surface area contributed by atoms with Crippen LogP contribution in [0.3, 0.4) is 0 Å². The molecule has 2 aliphatic rings. The Kier molecular flexibility index (Phi) is 5.51. The Morgan fingerprint density at radius 1 is 1.23 bits per heavy atom. The molecule has 1 N–H and O–H groups in total. The van der Waals surface area contributed by atoms with E-state index < -0.39 is 0 Å². The standard InChI is InChI=1S/C19H30N2O/c1-3-21-11-9-18(15(2)14-21)20-13-17-10-12-22-19(17)16-7-5-4-6-8-16/h4-8,15,17-20H,3,9-14H2,1-2H3/t15?,17-,18?,19-/m1/s1. The van der Waals surface area contributed by atoms with Gasteiger partial charge in [0, 0.05) is 31.7 Å². The second-order valence-corrected chi connectivity index (χ2v) is 6.92. The number of benzene rings is 1. The smallest absolute Gasteiger partial charge is 0.0866 e. The minimum atomic E-state index is 0.278. The molecule has 0 radical (unpaired) electrons. The lowest BCUT2D eigenvalue weighted by molar-refractivity contribution is 0.0864. The van der Waals surface area contributed by atoms with Gasteiger partial charge in [0.05, 0.1) is 6.10 Å². The molecule has 0 aromatic heterocycles. The van der Waals surface area contributed by atoms with Crippen LogP contribution in [0.4, 0.5) is 0 Å². The van der Waals surface area contributed by atoms with Gasteiger partial charge in [-0.2, -0.15) is 0 Å². The molecule has 22 heavy (non-hydrogen) atoms. The van der Waals surface area contributed by atoms with Gasteiger partial charge in [0.2, 0.25) is 0 Å². The summed E-state index contributed by atoms with van der Waals surface area (Å²) in [6.07, 6.45) is 2.73. The monoisotopic (exact) mass is 302 g/mol. The molecule has 4 atom stereocenters. The summed E-state index contributed by atoms with van der Waals surface area (Å²) in [5.41, 5.74) is 1.33. The number of ether oxygens (including phenoxy) is 1. The molecule has 0 spiro atoms. The summed E-state index contributed by atoms with van der Waals surface area (Å²) in [5, 5.41) is 3.85. The third kappa shape index (κ3) is 3.70. The molecular formula is C19H30N2O. The minimum absolute atomic E-state index is 0.278. The molecule has 3 nitrogen and oxygen atoms in total. The molecule has 2 saturated heterocycles. The Hall–Kier alpha value is -0.900. The summed E-state index contributed by atoms with van der Waals surface area (Å²) in [6.45, 7) is 10.3. The molecule has 3 rings (SSSR count). The van der Waals surface area contributed by atoms with Crippen LogP contribution < -0.4 is 5.32 Å². The van der Waals surface area contributed by atoms with Gasteiger partial charge in [0.1, 0.15) is 0 Å². The zero-order chi connectivity index (χ0) is 15.4. The normalized spacial score (nSPS) is 33.2. The molecule has 2 fully saturated rings. The second-order valence-electron chi connectivity index (χ2n) is 6.92. The molecule has 2 aliphatic heterocycles. The van der Waals surface area contributed by atoms with E-state index in [1.807, 2.05) is 0 Å². The third-order valence-electron chi connectivity index (χ3n) is 5.42. The maximum absolute atomic E-state index is 6.00. The van der Waals surface area contributed by atoms with Crippen LogP contribution in [0.15, 0.2) is 30.3 Å². The van der Waals surface area contributed by atoms with Gasteiger partial charge < -0.3 is 15.0 Å². The Morgan fingerprint density at radius 2 is 2.05 bits per heavy atom. The predicted molar refractivity (Wildman–Crippen MR) is 90.9 cm³/mol. The average Bonchev–Trinajstić information content (AvgIpc) is 3.03. The topological polar surface area (TPSA) is 24.5 Å². The zero-order valence-electron chi connectivity index (χ0n) is 14.0. The first kappa shape index (κ1) is 16.0. The Bertz CT molecular complexity index is 450. The van der Waals surface area contributed by atoms with Gasteiger partial charge in [0.15, 0.2) is 0 Å². The van der Waals surface area contributed by atoms with Crippen LogP contribution in [0, 0.1) is 11.8 Å². The van der Waals surface area contributed by atoms with Crippen LogP contribution in [0.2, 0.25) is 0 Å². The summed E-state index contributed by atoms with van der Waals surface area (Å²) in [7, 11) is 0. The van der Waals surface area contributed by atoms with Crippen molar-refractivity contribution >= 4 is 0 Å². The summed E-state index contributed by atoms with van der Waals surface area (Å²) in [4.78, 5) is 2.56. The third-order valence-corrected chi connectivity index (χ3v) is 5.42. The highest BCUT2D eigenvalue weighted by molar-refractivity contribution is 5.19. The molecule has 0 aliphatic carbocycles. The highest BCUT2D eigenvalue weighted by Gasteiger charge is 2.31. The van der Waals surface area contributed by atoms with Gasteiger partial charge in [-0.1, -0.05) is 44.2 Å². The maximum atomic E-state index is 6.00.